The van der Waals surface area contributed by atoms with Crippen molar-refractivity contribution < 1.29 is 9.59 Å². The highest BCUT2D eigenvalue weighted by Crippen LogP contribution is 2.22. The lowest BCUT2D eigenvalue weighted by Crippen LogP contribution is -2.43. The number of hydrogen-bond acceptors (Lipinski definition) is 2. The SMILES string of the molecule is Cc1ccc(NC(=O)C2CCCN2C(=O)c2ccc(C)cc2)cc1. The lowest BCUT2D eigenvalue weighted by molar-refractivity contribution is -0.119. The first-order valence-corrected chi connectivity index (χ1v) is 8.30. The summed E-state index contributed by atoms with van der Waals surface area (Å²) in [5.74, 6) is -0.187. The number of rotatable bonds is 3. The molecule has 4 nitrogen and oxygen atoms in total. The Kier molecular flexibility index (Phi) is 4.65. The van der Waals surface area contributed by atoms with Crippen LogP contribution in [0.25, 0.3) is 0 Å². The first-order chi connectivity index (χ1) is 11.5. The van der Waals surface area contributed by atoms with E-state index in [1.165, 1.54) is 0 Å². The van der Waals surface area contributed by atoms with Crippen molar-refractivity contribution in [1.82, 2.24) is 4.90 Å². The number of aryl methyl sites for hydroxylation is 2. The predicted octanol–water partition coefficient (Wildman–Crippen LogP) is 3.55. The van der Waals surface area contributed by atoms with Gasteiger partial charge in [-0.3, -0.25) is 9.59 Å². The molecule has 0 radical (unpaired) electrons. The van der Waals surface area contributed by atoms with E-state index in [1.54, 1.807) is 4.90 Å². The van der Waals surface area contributed by atoms with Crippen molar-refractivity contribution in [2.24, 2.45) is 0 Å². The van der Waals surface area contributed by atoms with E-state index in [4.69, 9.17) is 0 Å². The molecular formula is C20H22N2O2. The van der Waals surface area contributed by atoms with Crippen molar-refractivity contribution in [3.05, 3.63) is 65.2 Å². The standard InChI is InChI=1S/C20H22N2O2/c1-14-5-9-16(10-6-14)20(24)22-13-3-4-18(22)19(23)21-17-11-7-15(2)8-12-17/h5-12,18H,3-4,13H2,1-2H3,(H,21,23). The molecule has 4 heteroatoms. The van der Waals surface area contributed by atoms with Gasteiger partial charge >= 0.3 is 0 Å². The number of nitrogens with one attached hydrogen (secondary N) is 1. The third-order valence-electron chi connectivity index (χ3n) is 4.43. The normalized spacial score (nSPS) is 16.9. The van der Waals surface area contributed by atoms with E-state index < -0.39 is 6.04 Å². The highest BCUT2D eigenvalue weighted by Gasteiger charge is 2.34. The summed E-state index contributed by atoms with van der Waals surface area (Å²) in [7, 11) is 0. The molecule has 0 saturated carbocycles. The molecule has 1 unspecified atom stereocenters. The van der Waals surface area contributed by atoms with Crippen LogP contribution in [0.3, 0.4) is 0 Å². The molecule has 1 fully saturated rings. The molecule has 24 heavy (non-hydrogen) atoms. The second-order valence-electron chi connectivity index (χ2n) is 6.38. The first-order valence-electron chi connectivity index (χ1n) is 8.30. The lowest BCUT2D eigenvalue weighted by Gasteiger charge is -2.24. The third kappa shape index (κ3) is 3.48. The van der Waals surface area contributed by atoms with Crippen LogP contribution in [0.2, 0.25) is 0 Å². The molecule has 2 aromatic rings. The van der Waals surface area contributed by atoms with Crippen LogP contribution in [-0.4, -0.2) is 29.3 Å². The van der Waals surface area contributed by atoms with Gasteiger partial charge in [0.25, 0.3) is 5.91 Å². The zero-order chi connectivity index (χ0) is 17.1. The summed E-state index contributed by atoms with van der Waals surface area (Å²) in [5, 5.41) is 2.92. The van der Waals surface area contributed by atoms with Gasteiger partial charge < -0.3 is 10.2 Å². The number of benzene rings is 2. The van der Waals surface area contributed by atoms with Crippen LogP contribution >= 0.6 is 0 Å². The molecule has 2 aromatic carbocycles. The second kappa shape index (κ2) is 6.87. The Balaban J connectivity index is 1.72. The van der Waals surface area contributed by atoms with E-state index in [9.17, 15) is 9.59 Å². The molecule has 1 aliphatic rings. The molecule has 0 aromatic heterocycles. The highest BCUT2D eigenvalue weighted by molar-refractivity contribution is 6.01. The van der Waals surface area contributed by atoms with Crippen LogP contribution in [0.15, 0.2) is 48.5 Å². The van der Waals surface area contributed by atoms with E-state index in [1.807, 2.05) is 62.4 Å². The molecule has 1 N–H and O–H groups in total. The van der Waals surface area contributed by atoms with Crippen molar-refractivity contribution in [3.8, 4) is 0 Å². The fourth-order valence-corrected chi connectivity index (χ4v) is 3.01. The van der Waals surface area contributed by atoms with Crippen LogP contribution in [0.1, 0.15) is 34.3 Å². The fourth-order valence-electron chi connectivity index (χ4n) is 3.01. The van der Waals surface area contributed by atoms with Gasteiger partial charge in [-0.15, -0.1) is 0 Å². The molecule has 1 atom stereocenters. The Labute approximate surface area is 142 Å². The van der Waals surface area contributed by atoms with Gasteiger partial charge in [0.2, 0.25) is 5.91 Å². The van der Waals surface area contributed by atoms with Crippen LogP contribution in [-0.2, 0) is 4.79 Å². The summed E-state index contributed by atoms with van der Waals surface area (Å²) in [4.78, 5) is 27.0. The summed E-state index contributed by atoms with van der Waals surface area (Å²) in [6.07, 6.45) is 1.55. The molecule has 1 saturated heterocycles. The van der Waals surface area contributed by atoms with Crippen molar-refractivity contribution >= 4 is 17.5 Å². The number of amides is 2. The number of anilines is 1. The van der Waals surface area contributed by atoms with Crippen LogP contribution in [0, 0.1) is 13.8 Å². The Hall–Kier alpha value is -2.62. The van der Waals surface area contributed by atoms with Gasteiger partial charge in [0.05, 0.1) is 0 Å². The number of nitrogens with zero attached hydrogens (tertiary/aromatic N) is 1. The molecule has 0 spiro atoms. The van der Waals surface area contributed by atoms with Gasteiger partial charge in [-0.25, -0.2) is 0 Å². The average molecular weight is 322 g/mol. The molecule has 124 valence electrons. The zero-order valence-electron chi connectivity index (χ0n) is 14.1. The predicted molar refractivity (Wildman–Crippen MR) is 95.0 cm³/mol. The number of likely N-dealkylation sites (tertiary alicyclic amines) is 1. The third-order valence-corrected chi connectivity index (χ3v) is 4.43. The maximum atomic E-state index is 12.7. The Morgan fingerprint density at radius 3 is 2.17 bits per heavy atom. The van der Waals surface area contributed by atoms with Gasteiger partial charge in [-0.2, -0.15) is 0 Å². The smallest absolute Gasteiger partial charge is 0.254 e. The lowest BCUT2D eigenvalue weighted by atomic mass is 10.1. The van der Waals surface area contributed by atoms with Crippen molar-refractivity contribution in [2.75, 3.05) is 11.9 Å². The van der Waals surface area contributed by atoms with Gasteiger partial charge in [0.15, 0.2) is 0 Å². The van der Waals surface area contributed by atoms with Gasteiger partial charge in [0, 0.05) is 17.8 Å². The summed E-state index contributed by atoms with van der Waals surface area (Å²) in [6, 6.07) is 14.8. The molecule has 2 amide bonds. The minimum Gasteiger partial charge on any atom is -0.327 e. The summed E-state index contributed by atoms with van der Waals surface area (Å²) < 4.78 is 0. The summed E-state index contributed by atoms with van der Waals surface area (Å²) >= 11 is 0. The number of carbonyl (C=O) groups excluding carboxylic acids is 2. The maximum absolute atomic E-state index is 12.7. The number of hydrogen-bond donors (Lipinski definition) is 1. The first kappa shape index (κ1) is 16.2. The van der Waals surface area contributed by atoms with Crippen LogP contribution in [0.4, 0.5) is 5.69 Å². The Bertz CT molecular complexity index is 735. The Morgan fingerprint density at radius 2 is 1.54 bits per heavy atom. The minimum atomic E-state index is -0.403. The minimum absolute atomic E-state index is 0.0726. The molecule has 1 aliphatic heterocycles. The average Bonchev–Trinajstić information content (AvgIpc) is 3.07. The molecule has 0 aliphatic carbocycles. The highest BCUT2D eigenvalue weighted by atomic mass is 16.2. The van der Waals surface area contributed by atoms with Crippen LogP contribution < -0.4 is 5.32 Å². The summed E-state index contributed by atoms with van der Waals surface area (Å²) in [6.45, 7) is 4.62. The molecule has 3 rings (SSSR count). The monoisotopic (exact) mass is 322 g/mol. The van der Waals surface area contributed by atoms with Gasteiger partial charge in [-0.1, -0.05) is 35.4 Å². The fraction of sp³-hybridized carbons (Fsp3) is 0.300. The van der Waals surface area contributed by atoms with Gasteiger partial charge in [0.1, 0.15) is 6.04 Å². The van der Waals surface area contributed by atoms with E-state index in [0.29, 0.717) is 18.5 Å². The largest absolute Gasteiger partial charge is 0.327 e. The van der Waals surface area contributed by atoms with E-state index in [2.05, 4.69) is 5.32 Å². The van der Waals surface area contributed by atoms with E-state index in [0.717, 1.165) is 23.2 Å². The van der Waals surface area contributed by atoms with E-state index in [-0.39, 0.29) is 11.8 Å². The summed E-state index contributed by atoms with van der Waals surface area (Å²) in [5.41, 5.74) is 3.66. The van der Waals surface area contributed by atoms with Crippen LogP contribution in [0.5, 0.6) is 0 Å². The van der Waals surface area contributed by atoms with E-state index >= 15 is 0 Å². The van der Waals surface area contributed by atoms with Gasteiger partial charge in [-0.05, 0) is 51.0 Å². The van der Waals surface area contributed by atoms with Crippen molar-refractivity contribution in [3.63, 3.8) is 0 Å². The topological polar surface area (TPSA) is 49.4 Å². The second-order valence-corrected chi connectivity index (χ2v) is 6.38. The number of carbonyl (C=O) groups is 2. The van der Waals surface area contributed by atoms with Crippen molar-refractivity contribution in [2.45, 2.75) is 32.7 Å². The quantitative estimate of drug-likeness (QED) is 0.939. The molecule has 1 heterocycles. The zero-order valence-corrected chi connectivity index (χ0v) is 14.1. The Morgan fingerprint density at radius 1 is 0.958 bits per heavy atom. The maximum Gasteiger partial charge on any atom is 0.254 e. The molecule has 0 bridgehead atoms. The molecular weight excluding hydrogens is 300 g/mol. The van der Waals surface area contributed by atoms with Crippen molar-refractivity contribution in [1.29, 1.82) is 0 Å².